The SMILES string of the molecule is CCCNC(C)CCCn1c(=O)ccc2ccccc21. The summed E-state index contributed by atoms with van der Waals surface area (Å²) in [5.41, 5.74) is 1.13. The summed E-state index contributed by atoms with van der Waals surface area (Å²) in [6, 6.07) is 12.2. The molecule has 20 heavy (non-hydrogen) atoms. The number of benzene rings is 1. The molecule has 1 heterocycles. The second-order valence-corrected chi connectivity index (χ2v) is 5.38. The maximum Gasteiger partial charge on any atom is 0.251 e. The summed E-state index contributed by atoms with van der Waals surface area (Å²) < 4.78 is 1.89. The Bertz CT molecular complexity index is 603. The van der Waals surface area contributed by atoms with Gasteiger partial charge in [0.05, 0.1) is 5.52 Å². The molecule has 0 saturated carbocycles. The van der Waals surface area contributed by atoms with Gasteiger partial charge in [0.15, 0.2) is 0 Å². The molecule has 0 spiro atoms. The number of nitrogens with one attached hydrogen (secondary N) is 1. The molecular formula is C17H24N2O. The van der Waals surface area contributed by atoms with Crippen LogP contribution in [-0.2, 0) is 6.54 Å². The Morgan fingerprint density at radius 1 is 1.20 bits per heavy atom. The highest BCUT2D eigenvalue weighted by Crippen LogP contribution is 2.12. The summed E-state index contributed by atoms with van der Waals surface area (Å²) in [5.74, 6) is 0. The van der Waals surface area contributed by atoms with Crippen LogP contribution < -0.4 is 10.9 Å². The van der Waals surface area contributed by atoms with Crippen LogP contribution in [0.5, 0.6) is 0 Å². The van der Waals surface area contributed by atoms with E-state index in [2.05, 4.69) is 25.2 Å². The lowest BCUT2D eigenvalue weighted by molar-refractivity contribution is 0.476. The van der Waals surface area contributed by atoms with Crippen LogP contribution in [0.4, 0.5) is 0 Å². The minimum Gasteiger partial charge on any atom is -0.314 e. The number of fused-ring (bicyclic) bond motifs is 1. The van der Waals surface area contributed by atoms with Gasteiger partial charge in [0.1, 0.15) is 0 Å². The Morgan fingerprint density at radius 2 is 2.00 bits per heavy atom. The number of aryl methyl sites for hydroxylation is 1. The normalized spacial score (nSPS) is 12.7. The van der Waals surface area contributed by atoms with Gasteiger partial charge in [-0.1, -0.05) is 25.1 Å². The maximum atomic E-state index is 12.0. The fraction of sp³-hybridized carbons (Fsp3) is 0.471. The lowest BCUT2D eigenvalue weighted by atomic mass is 10.1. The van der Waals surface area contributed by atoms with Gasteiger partial charge in [0.25, 0.3) is 5.56 Å². The molecule has 1 N–H and O–H groups in total. The molecule has 0 fully saturated rings. The van der Waals surface area contributed by atoms with Crippen LogP contribution in [0.15, 0.2) is 41.2 Å². The van der Waals surface area contributed by atoms with E-state index in [1.54, 1.807) is 6.07 Å². The average molecular weight is 272 g/mol. The van der Waals surface area contributed by atoms with Crippen molar-refractivity contribution in [2.24, 2.45) is 0 Å². The zero-order valence-corrected chi connectivity index (χ0v) is 12.4. The zero-order chi connectivity index (χ0) is 14.4. The number of hydrogen-bond donors (Lipinski definition) is 1. The molecule has 0 aliphatic heterocycles. The van der Waals surface area contributed by atoms with E-state index in [-0.39, 0.29) is 5.56 Å². The Labute approximate surface area is 120 Å². The van der Waals surface area contributed by atoms with Crippen molar-refractivity contribution in [2.75, 3.05) is 6.54 Å². The summed E-state index contributed by atoms with van der Waals surface area (Å²) >= 11 is 0. The summed E-state index contributed by atoms with van der Waals surface area (Å²) in [5, 5.41) is 4.61. The van der Waals surface area contributed by atoms with Crippen LogP contribution >= 0.6 is 0 Å². The van der Waals surface area contributed by atoms with Crippen LogP contribution in [-0.4, -0.2) is 17.2 Å². The topological polar surface area (TPSA) is 34.0 Å². The molecule has 1 aromatic carbocycles. The summed E-state index contributed by atoms with van der Waals surface area (Å²) in [6.45, 7) is 6.24. The highest BCUT2D eigenvalue weighted by atomic mass is 16.1. The highest BCUT2D eigenvalue weighted by Gasteiger charge is 2.04. The Balaban J connectivity index is 2.03. The van der Waals surface area contributed by atoms with Crippen LogP contribution in [0.25, 0.3) is 10.9 Å². The van der Waals surface area contributed by atoms with Crippen molar-refractivity contribution in [1.29, 1.82) is 0 Å². The highest BCUT2D eigenvalue weighted by molar-refractivity contribution is 5.78. The smallest absolute Gasteiger partial charge is 0.251 e. The second kappa shape index (κ2) is 7.25. The van der Waals surface area contributed by atoms with Crippen LogP contribution in [0.2, 0.25) is 0 Å². The van der Waals surface area contributed by atoms with Gasteiger partial charge in [-0.2, -0.15) is 0 Å². The first-order chi connectivity index (χ1) is 9.72. The molecule has 108 valence electrons. The van der Waals surface area contributed by atoms with Crippen molar-refractivity contribution in [3.8, 4) is 0 Å². The molecule has 0 amide bonds. The van der Waals surface area contributed by atoms with E-state index < -0.39 is 0 Å². The molecule has 2 rings (SSSR count). The van der Waals surface area contributed by atoms with Gasteiger partial charge in [-0.3, -0.25) is 4.79 Å². The van der Waals surface area contributed by atoms with E-state index in [9.17, 15) is 4.79 Å². The van der Waals surface area contributed by atoms with Crippen molar-refractivity contribution in [3.63, 3.8) is 0 Å². The molecular weight excluding hydrogens is 248 g/mol. The Morgan fingerprint density at radius 3 is 2.80 bits per heavy atom. The van der Waals surface area contributed by atoms with Crippen molar-refractivity contribution in [2.45, 2.75) is 45.7 Å². The quantitative estimate of drug-likeness (QED) is 0.840. The number of aromatic nitrogens is 1. The maximum absolute atomic E-state index is 12.0. The first-order valence-electron chi connectivity index (χ1n) is 7.54. The number of rotatable bonds is 7. The first kappa shape index (κ1) is 14.8. The molecule has 0 radical (unpaired) electrons. The lowest BCUT2D eigenvalue weighted by Crippen LogP contribution is -2.27. The molecule has 1 aromatic heterocycles. The molecule has 3 nitrogen and oxygen atoms in total. The first-order valence-corrected chi connectivity index (χ1v) is 7.54. The second-order valence-electron chi connectivity index (χ2n) is 5.38. The predicted octanol–water partition coefficient (Wildman–Crippen LogP) is 3.17. The molecule has 3 heteroatoms. The third-order valence-corrected chi connectivity index (χ3v) is 3.66. The van der Waals surface area contributed by atoms with Crippen molar-refractivity contribution < 1.29 is 0 Å². The molecule has 2 aromatic rings. The summed E-state index contributed by atoms with van der Waals surface area (Å²) in [6.07, 6.45) is 3.27. The zero-order valence-electron chi connectivity index (χ0n) is 12.4. The van der Waals surface area contributed by atoms with Crippen LogP contribution in [0, 0.1) is 0 Å². The van der Waals surface area contributed by atoms with Crippen molar-refractivity contribution >= 4 is 10.9 Å². The minimum absolute atomic E-state index is 0.0953. The summed E-state index contributed by atoms with van der Waals surface area (Å²) in [4.78, 5) is 12.0. The Hall–Kier alpha value is -1.61. The van der Waals surface area contributed by atoms with Crippen molar-refractivity contribution in [1.82, 2.24) is 9.88 Å². The van der Waals surface area contributed by atoms with Gasteiger partial charge < -0.3 is 9.88 Å². The van der Waals surface area contributed by atoms with Crippen LogP contribution in [0.1, 0.15) is 33.1 Å². The van der Waals surface area contributed by atoms with E-state index in [4.69, 9.17) is 0 Å². The number of pyridine rings is 1. The lowest BCUT2D eigenvalue weighted by Gasteiger charge is -2.14. The molecule has 0 saturated heterocycles. The Kier molecular flexibility index (Phi) is 5.36. The van der Waals surface area contributed by atoms with E-state index >= 15 is 0 Å². The molecule has 1 unspecified atom stereocenters. The van der Waals surface area contributed by atoms with E-state index in [1.165, 1.54) is 0 Å². The molecule has 0 aliphatic rings. The summed E-state index contributed by atoms with van der Waals surface area (Å²) in [7, 11) is 0. The molecule has 1 atom stereocenters. The van der Waals surface area contributed by atoms with E-state index in [0.717, 1.165) is 43.3 Å². The molecule has 0 bridgehead atoms. The largest absolute Gasteiger partial charge is 0.314 e. The van der Waals surface area contributed by atoms with Crippen molar-refractivity contribution in [3.05, 3.63) is 46.8 Å². The number of nitrogens with zero attached hydrogens (tertiary/aromatic N) is 1. The third kappa shape index (κ3) is 3.70. The average Bonchev–Trinajstić information content (AvgIpc) is 2.47. The monoisotopic (exact) mass is 272 g/mol. The molecule has 0 aliphatic carbocycles. The van der Waals surface area contributed by atoms with Gasteiger partial charge >= 0.3 is 0 Å². The van der Waals surface area contributed by atoms with Gasteiger partial charge in [-0.15, -0.1) is 0 Å². The van der Waals surface area contributed by atoms with E-state index in [0.29, 0.717) is 6.04 Å². The van der Waals surface area contributed by atoms with Gasteiger partial charge in [-0.25, -0.2) is 0 Å². The van der Waals surface area contributed by atoms with Gasteiger partial charge in [-0.05, 0) is 50.2 Å². The predicted molar refractivity (Wildman–Crippen MR) is 85.2 cm³/mol. The van der Waals surface area contributed by atoms with Gasteiger partial charge in [0.2, 0.25) is 0 Å². The number of para-hydroxylation sites is 1. The van der Waals surface area contributed by atoms with Gasteiger partial charge in [0, 0.05) is 18.7 Å². The minimum atomic E-state index is 0.0953. The fourth-order valence-electron chi connectivity index (χ4n) is 2.52. The third-order valence-electron chi connectivity index (χ3n) is 3.66. The fourth-order valence-corrected chi connectivity index (χ4v) is 2.52. The standard InChI is InChI=1S/C17H24N2O/c1-3-12-18-14(2)7-6-13-19-16-9-5-4-8-15(16)10-11-17(19)20/h4-5,8-11,14,18H,3,6-7,12-13H2,1-2H3. The number of hydrogen-bond acceptors (Lipinski definition) is 2. The van der Waals surface area contributed by atoms with Crippen LogP contribution in [0.3, 0.4) is 0 Å². The van der Waals surface area contributed by atoms with E-state index in [1.807, 2.05) is 28.8 Å².